The van der Waals surface area contributed by atoms with Gasteiger partial charge in [0.05, 0.1) is 34.1 Å². The minimum atomic E-state index is -0.782. The second kappa shape index (κ2) is 10.1. The zero-order valence-corrected chi connectivity index (χ0v) is 23.5. The summed E-state index contributed by atoms with van der Waals surface area (Å²) >= 11 is 0. The number of hydrogen-bond acceptors (Lipinski definition) is 9. The number of nitrogens with one attached hydrogen (secondary N) is 4. The molecule has 1 unspecified atom stereocenters. The van der Waals surface area contributed by atoms with Gasteiger partial charge in [-0.25, -0.2) is 9.37 Å². The predicted octanol–water partition coefficient (Wildman–Crippen LogP) is 4.59. The summed E-state index contributed by atoms with van der Waals surface area (Å²) in [4.78, 5) is 8.80. The highest BCUT2D eigenvalue weighted by atomic mass is 19.1. The minimum absolute atomic E-state index is 0.0197. The highest BCUT2D eigenvalue weighted by Crippen LogP contribution is 2.39. The van der Waals surface area contributed by atoms with Gasteiger partial charge in [-0.1, -0.05) is 32.9 Å². The highest BCUT2D eigenvalue weighted by molar-refractivity contribution is 6.19. The number of nitriles is 1. The van der Waals surface area contributed by atoms with Crippen molar-refractivity contribution in [3.8, 4) is 17.4 Å². The maximum atomic E-state index is 14.0. The van der Waals surface area contributed by atoms with Crippen LogP contribution in [0.1, 0.15) is 44.7 Å². The molecular formula is C30H32BFN8O. The van der Waals surface area contributed by atoms with Gasteiger partial charge in [0.25, 0.3) is 0 Å². The molecule has 3 heterocycles. The van der Waals surface area contributed by atoms with Gasteiger partial charge in [0.1, 0.15) is 19.7 Å². The standard InChI is InChI=1S/C30H32BFN8O/c1-29(2,3)16-36-27-18(12-33)13-35-28-23(25-14-34-17-41-25)10-21(11-24(27)28)37-30(31,19-4-6-20(32)7-5-19)26-15-40(39-38-26)22-8-9-22/h4-7,10-11,13-15,17,22,37-39H,8-9,16,31H2,1-3H3,(H,35,36). The van der Waals surface area contributed by atoms with Gasteiger partial charge in [0.15, 0.2) is 12.2 Å². The van der Waals surface area contributed by atoms with Gasteiger partial charge in [-0.2, -0.15) is 5.26 Å². The molecule has 1 fully saturated rings. The Kier molecular flexibility index (Phi) is 6.58. The minimum Gasteiger partial charge on any atom is -0.443 e. The number of pyridine rings is 1. The molecule has 1 aliphatic carbocycles. The van der Waals surface area contributed by atoms with E-state index in [9.17, 15) is 9.65 Å². The maximum absolute atomic E-state index is 14.0. The van der Waals surface area contributed by atoms with Crippen LogP contribution in [0.5, 0.6) is 0 Å². The molecule has 4 N–H and O–H groups in total. The van der Waals surface area contributed by atoms with Crippen LogP contribution in [0.2, 0.25) is 0 Å². The molecule has 4 aromatic rings. The second-order valence-electron chi connectivity index (χ2n) is 12.0. The maximum Gasteiger partial charge on any atom is 0.181 e. The number of halogens is 1. The summed E-state index contributed by atoms with van der Waals surface area (Å²) < 4.78 is 19.7. The molecule has 0 amide bonds. The molecule has 41 heavy (non-hydrogen) atoms. The van der Waals surface area contributed by atoms with Crippen molar-refractivity contribution in [1.29, 1.82) is 5.26 Å². The lowest BCUT2D eigenvalue weighted by molar-refractivity contribution is 0.260. The van der Waals surface area contributed by atoms with Crippen LogP contribution in [0.15, 0.2) is 71.5 Å². The third-order valence-corrected chi connectivity index (χ3v) is 7.47. The van der Waals surface area contributed by atoms with E-state index in [-0.39, 0.29) is 11.2 Å². The average Bonchev–Trinajstić information content (AvgIpc) is 3.42. The summed E-state index contributed by atoms with van der Waals surface area (Å²) in [6.07, 6.45) is 8.95. The van der Waals surface area contributed by atoms with E-state index in [4.69, 9.17) is 4.42 Å². The number of nitrogens with zero attached hydrogens (tertiary/aromatic N) is 4. The molecule has 0 radical (unpaired) electrons. The molecule has 1 saturated carbocycles. The fourth-order valence-electron chi connectivity index (χ4n) is 5.04. The van der Waals surface area contributed by atoms with E-state index in [1.54, 1.807) is 24.5 Å². The molecule has 6 rings (SSSR count). The summed E-state index contributed by atoms with van der Waals surface area (Å²) in [6.45, 7) is 7.07. The highest BCUT2D eigenvalue weighted by Gasteiger charge is 2.38. The molecule has 208 valence electrons. The average molecular weight is 550 g/mol. The van der Waals surface area contributed by atoms with Crippen LogP contribution in [-0.4, -0.2) is 35.4 Å². The SMILES string of the molecule is BC(Nc1cc(-c2cnco2)c2ncc(C#N)c(NCC(C)(C)C)c2c1)(C1=CN(C2CC2)NN1)c1ccc(F)cc1. The Hall–Kier alpha value is -4.56. The molecule has 2 aromatic carbocycles. The van der Waals surface area contributed by atoms with Crippen molar-refractivity contribution in [2.24, 2.45) is 5.41 Å². The Morgan fingerprint density at radius 3 is 2.63 bits per heavy atom. The van der Waals surface area contributed by atoms with E-state index in [2.05, 4.69) is 77.5 Å². The number of hydrogen-bond donors (Lipinski definition) is 4. The lowest BCUT2D eigenvalue weighted by atomic mass is 9.69. The molecular weight excluding hydrogens is 518 g/mol. The van der Waals surface area contributed by atoms with Crippen molar-refractivity contribution < 1.29 is 8.81 Å². The summed E-state index contributed by atoms with van der Waals surface area (Å²) in [6, 6.07) is 13.2. The van der Waals surface area contributed by atoms with Gasteiger partial charge in [-0.3, -0.25) is 9.99 Å². The number of hydrazine groups is 2. The number of fused-ring (bicyclic) bond motifs is 1. The molecule has 0 saturated heterocycles. The lowest BCUT2D eigenvalue weighted by Crippen LogP contribution is -2.45. The molecule has 11 heteroatoms. The first-order valence-electron chi connectivity index (χ1n) is 13.7. The van der Waals surface area contributed by atoms with Crippen LogP contribution in [0.3, 0.4) is 0 Å². The Balaban J connectivity index is 1.52. The Bertz CT molecular complexity index is 1660. The molecule has 2 aliphatic rings. The first-order chi connectivity index (χ1) is 19.6. The zero-order chi connectivity index (χ0) is 28.8. The summed E-state index contributed by atoms with van der Waals surface area (Å²) in [7, 11) is 2.05. The smallest absolute Gasteiger partial charge is 0.181 e. The third-order valence-electron chi connectivity index (χ3n) is 7.47. The van der Waals surface area contributed by atoms with Crippen molar-refractivity contribution in [3.05, 3.63) is 84.0 Å². The van der Waals surface area contributed by atoms with E-state index in [0.717, 1.165) is 40.7 Å². The van der Waals surface area contributed by atoms with Crippen LogP contribution in [0, 0.1) is 22.6 Å². The predicted molar refractivity (Wildman–Crippen MR) is 159 cm³/mol. The van der Waals surface area contributed by atoms with E-state index in [1.165, 1.54) is 18.5 Å². The molecule has 9 nitrogen and oxygen atoms in total. The largest absolute Gasteiger partial charge is 0.443 e. The van der Waals surface area contributed by atoms with E-state index < -0.39 is 5.44 Å². The van der Waals surface area contributed by atoms with Crippen LogP contribution >= 0.6 is 0 Å². The van der Waals surface area contributed by atoms with Gasteiger partial charge in [0.2, 0.25) is 0 Å². The fourth-order valence-corrected chi connectivity index (χ4v) is 5.04. The van der Waals surface area contributed by atoms with Crippen molar-refractivity contribution >= 4 is 30.1 Å². The third kappa shape index (κ3) is 5.31. The van der Waals surface area contributed by atoms with Gasteiger partial charge in [-0.05, 0) is 48.1 Å². The number of benzene rings is 2. The van der Waals surface area contributed by atoms with E-state index >= 15 is 0 Å². The molecule has 1 atom stereocenters. The number of oxazole rings is 1. The van der Waals surface area contributed by atoms with Gasteiger partial charge in [0, 0.05) is 41.6 Å². The van der Waals surface area contributed by atoms with Crippen LogP contribution < -0.4 is 21.6 Å². The molecule has 2 aromatic heterocycles. The van der Waals surface area contributed by atoms with Crippen molar-refractivity contribution in [2.75, 3.05) is 17.2 Å². The zero-order valence-electron chi connectivity index (χ0n) is 23.5. The van der Waals surface area contributed by atoms with E-state index in [0.29, 0.717) is 35.1 Å². The summed E-state index contributed by atoms with van der Waals surface area (Å²) in [5, 5.41) is 20.1. The quantitative estimate of drug-likeness (QED) is 0.234. The first-order valence-corrected chi connectivity index (χ1v) is 13.7. The second-order valence-corrected chi connectivity index (χ2v) is 12.0. The first kappa shape index (κ1) is 26.7. The van der Waals surface area contributed by atoms with Crippen LogP contribution in [-0.2, 0) is 5.44 Å². The monoisotopic (exact) mass is 550 g/mol. The van der Waals surface area contributed by atoms with Crippen molar-refractivity contribution in [2.45, 2.75) is 45.1 Å². The molecule has 0 bridgehead atoms. The Morgan fingerprint density at radius 2 is 1.98 bits per heavy atom. The topological polar surface area (TPSA) is 114 Å². The fraction of sp³-hybridized carbons (Fsp3) is 0.300. The normalized spacial score (nSPS) is 16.6. The van der Waals surface area contributed by atoms with Crippen LogP contribution in [0.25, 0.3) is 22.2 Å². The number of anilines is 2. The van der Waals surface area contributed by atoms with Gasteiger partial charge >= 0.3 is 0 Å². The van der Waals surface area contributed by atoms with Crippen LogP contribution in [0.4, 0.5) is 15.8 Å². The van der Waals surface area contributed by atoms with Gasteiger partial charge < -0.3 is 20.5 Å². The Morgan fingerprint density at radius 1 is 1.20 bits per heavy atom. The number of rotatable bonds is 8. The number of aromatic nitrogens is 2. The summed E-state index contributed by atoms with van der Waals surface area (Å²) in [5.41, 5.74) is 10.9. The van der Waals surface area contributed by atoms with Gasteiger partial charge in [-0.15, -0.1) is 5.53 Å². The van der Waals surface area contributed by atoms with E-state index in [1.807, 2.05) is 12.1 Å². The Labute approximate surface area is 239 Å². The van der Waals surface area contributed by atoms with Crippen molar-refractivity contribution in [3.63, 3.8) is 0 Å². The van der Waals surface area contributed by atoms with Crippen molar-refractivity contribution in [1.82, 2.24) is 25.9 Å². The summed E-state index contributed by atoms with van der Waals surface area (Å²) in [5.74, 6) is 0.256. The lowest BCUT2D eigenvalue weighted by Gasteiger charge is -2.34. The molecule has 1 aliphatic heterocycles. The molecule has 0 spiro atoms.